The van der Waals surface area contributed by atoms with Gasteiger partial charge in [-0.3, -0.25) is 4.79 Å². The Bertz CT molecular complexity index is 953. The second-order valence-electron chi connectivity index (χ2n) is 6.51. The van der Waals surface area contributed by atoms with Crippen LogP contribution in [-0.4, -0.2) is 5.78 Å². The summed E-state index contributed by atoms with van der Waals surface area (Å²) in [5, 5.41) is 0. The molecule has 0 heterocycles. The average Bonchev–Trinajstić information content (AvgIpc) is 2.66. The Labute approximate surface area is 162 Å². The molecule has 29 heavy (non-hydrogen) atoms. The topological polar surface area (TPSA) is 17.1 Å². The summed E-state index contributed by atoms with van der Waals surface area (Å²) in [6.45, 7) is 1.34. The van der Waals surface area contributed by atoms with Gasteiger partial charge < -0.3 is 0 Å². The zero-order valence-electron chi connectivity index (χ0n) is 15.0. The first kappa shape index (κ1) is 20.6. The lowest BCUT2D eigenvalue weighted by Crippen LogP contribution is -2.04. The number of rotatable bonds is 3. The minimum atomic E-state index is -4.47. The summed E-state index contributed by atoms with van der Waals surface area (Å²) < 4.78 is 76.6. The van der Waals surface area contributed by atoms with Crippen LogP contribution in [0.3, 0.4) is 0 Å². The van der Waals surface area contributed by atoms with E-state index in [-0.39, 0.29) is 5.78 Å². The van der Waals surface area contributed by atoms with Crippen molar-refractivity contribution in [3.05, 3.63) is 83.4 Å². The summed E-state index contributed by atoms with van der Waals surface area (Å²) in [4.78, 5) is 11.9. The van der Waals surface area contributed by atoms with Crippen molar-refractivity contribution in [2.45, 2.75) is 19.3 Å². The van der Waals surface area contributed by atoms with Crippen LogP contribution in [0.25, 0.3) is 22.3 Å². The number of halogens is 6. The lowest BCUT2D eigenvalue weighted by Gasteiger charge is -2.12. The van der Waals surface area contributed by atoms with Crippen LogP contribution >= 0.6 is 0 Å². The third kappa shape index (κ3) is 4.67. The van der Waals surface area contributed by atoms with E-state index in [1.807, 2.05) is 0 Å². The highest BCUT2D eigenvalue weighted by Gasteiger charge is 2.30. The van der Waals surface area contributed by atoms with Crippen molar-refractivity contribution in [2.24, 2.45) is 0 Å². The number of hydrogen-bond donors (Lipinski definition) is 0. The Kier molecular flexibility index (Phi) is 5.26. The van der Waals surface area contributed by atoms with Crippen molar-refractivity contribution in [2.75, 3.05) is 0 Å². The monoisotopic (exact) mass is 408 g/mol. The van der Waals surface area contributed by atoms with E-state index >= 15 is 0 Å². The molecule has 150 valence electrons. The molecule has 0 atom stereocenters. The van der Waals surface area contributed by atoms with E-state index < -0.39 is 23.5 Å². The maximum Gasteiger partial charge on any atom is 0.416 e. The van der Waals surface area contributed by atoms with Crippen molar-refractivity contribution < 1.29 is 31.1 Å². The van der Waals surface area contributed by atoms with Crippen LogP contribution in [0.2, 0.25) is 0 Å². The highest BCUT2D eigenvalue weighted by atomic mass is 19.4. The third-order valence-electron chi connectivity index (χ3n) is 4.43. The summed E-state index contributed by atoms with van der Waals surface area (Å²) in [5.74, 6) is -0.271. The molecule has 0 N–H and O–H groups in total. The summed E-state index contributed by atoms with van der Waals surface area (Å²) in [6.07, 6.45) is -8.93. The maximum absolute atomic E-state index is 12.8. The largest absolute Gasteiger partial charge is 0.416 e. The number of benzene rings is 3. The second kappa shape index (κ2) is 7.39. The fraction of sp³-hybridized carbons (Fsp3) is 0.136. The Morgan fingerprint density at radius 2 is 0.931 bits per heavy atom. The van der Waals surface area contributed by atoms with E-state index in [2.05, 4.69) is 0 Å². The zero-order valence-corrected chi connectivity index (χ0v) is 15.0. The molecule has 0 radical (unpaired) electrons. The molecule has 3 aromatic carbocycles. The molecule has 0 unspecified atom stereocenters. The number of Topliss-reactive ketones (excluding diaryl/α,β-unsaturated/α-hetero) is 1. The predicted molar refractivity (Wildman–Crippen MR) is 97.3 cm³/mol. The van der Waals surface area contributed by atoms with Crippen molar-refractivity contribution >= 4 is 5.78 Å². The first-order valence-corrected chi connectivity index (χ1v) is 8.46. The summed E-state index contributed by atoms with van der Waals surface area (Å²) >= 11 is 0. The van der Waals surface area contributed by atoms with Gasteiger partial charge in [0.2, 0.25) is 0 Å². The molecule has 0 spiro atoms. The lowest BCUT2D eigenvalue weighted by atomic mass is 9.94. The van der Waals surface area contributed by atoms with Gasteiger partial charge in [0.25, 0.3) is 0 Å². The van der Waals surface area contributed by atoms with Crippen LogP contribution < -0.4 is 0 Å². The molecule has 0 aliphatic rings. The maximum atomic E-state index is 12.8. The van der Waals surface area contributed by atoms with Crippen molar-refractivity contribution in [1.29, 1.82) is 0 Å². The molecule has 0 saturated heterocycles. The van der Waals surface area contributed by atoms with E-state index in [4.69, 9.17) is 0 Å². The number of carbonyl (C=O) groups is 1. The van der Waals surface area contributed by atoms with Gasteiger partial charge in [-0.05, 0) is 71.6 Å². The molecule has 0 fully saturated rings. The minimum Gasteiger partial charge on any atom is -0.295 e. The van der Waals surface area contributed by atoms with Crippen LogP contribution in [-0.2, 0) is 12.4 Å². The van der Waals surface area contributed by atoms with Gasteiger partial charge in [0.1, 0.15) is 0 Å². The van der Waals surface area contributed by atoms with Gasteiger partial charge in [-0.2, -0.15) is 26.3 Å². The van der Waals surface area contributed by atoms with Crippen molar-refractivity contribution in [3.8, 4) is 22.3 Å². The molecule has 0 aliphatic heterocycles. The molecule has 3 rings (SSSR count). The van der Waals surface area contributed by atoms with Crippen LogP contribution in [0.4, 0.5) is 26.3 Å². The highest BCUT2D eigenvalue weighted by Crippen LogP contribution is 2.34. The Morgan fingerprint density at radius 3 is 1.21 bits per heavy atom. The van der Waals surface area contributed by atoms with Gasteiger partial charge in [-0.15, -0.1) is 0 Å². The van der Waals surface area contributed by atoms with Gasteiger partial charge >= 0.3 is 12.4 Å². The fourth-order valence-electron chi connectivity index (χ4n) is 2.87. The molecule has 0 amide bonds. The Morgan fingerprint density at radius 1 is 0.586 bits per heavy atom. The average molecular weight is 408 g/mol. The standard InChI is InChI=1S/C22H14F6O/c1-13(29)16-10-17(14-2-6-19(7-3-14)21(23,24)25)12-18(11-16)15-4-8-20(9-5-15)22(26,27)28/h2-12H,1H3. The van der Waals surface area contributed by atoms with E-state index in [0.29, 0.717) is 27.8 Å². The summed E-state index contributed by atoms with van der Waals surface area (Å²) in [6, 6.07) is 13.6. The molecular weight excluding hydrogens is 394 g/mol. The molecule has 0 bridgehead atoms. The van der Waals surface area contributed by atoms with Gasteiger partial charge in [0.05, 0.1) is 11.1 Å². The predicted octanol–water partition coefficient (Wildman–Crippen LogP) is 7.26. The van der Waals surface area contributed by atoms with Crippen LogP contribution in [0.5, 0.6) is 0 Å². The first-order valence-electron chi connectivity index (χ1n) is 8.46. The van der Waals surface area contributed by atoms with Gasteiger partial charge in [-0.1, -0.05) is 24.3 Å². The van der Waals surface area contributed by atoms with E-state index in [9.17, 15) is 31.1 Å². The number of ketones is 1. The van der Waals surface area contributed by atoms with Crippen LogP contribution in [0.15, 0.2) is 66.7 Å². The van der Waals surface area contributed by atoms with Crippen LogP contribution in [0.1, 0.15) is 28.4 Å². The molecular formula is C22H14F6O. The normalized spacial score (nSPS) is 12.1. The molecule has 1 nitrogen and oxygen atoms in total. The van der Waals surface area contributed by atoms with E-state index in [1.54, 1.807) is 18.2 Å². The Hall–Kier alpha value is -3.09. The van der Waals surface area contributed by atoms with Crippen LogP contribution in [0, 0.1) is 0 Å². The van der Waals surface area contributed by atoms with Gasteiger partial charge in [0, 0.05) is 5.56 Å². The second-order valence-corrected chi connectivity index (χ2v) is 6.51. The first-order chi connectivity index (χ1) is 13.4. The lowest BCUT2D eigenvalue weighted by molar-refractivity contribution is -0.138. The number of hydrogen-bond acceptors (Lipinski definition) is 1. The highest BCUT2D eigenvalue weighted by molar-refractivity contribution is 5.97. The van der Waals surface area contributed by atoms with E-state index in [0.717, 1.165) is 24.3 Å². The van der Waals surface area contributed by atoms with Gasteiger partial charge in [-0.25, -0.2) is 0 Å². The molecule has 7 heteroatoms. The quantitative estimate of drug-likeness (QED) is 0.329. The SMILES string of the molecule is CC(=O)c1cc(-c2ccc(C(F)(F)F)cc2)cc(-c2ccc(C(F)(F)F)cc2)c1. The molecule has 3 aromatic rings. The smallest absolute Gasteiger partial charge is 0.295 e. The molecule has 0 aromatic heterocycles. The third-order valence-corrected chi connectivity index (χ3v) is 4.43. The zero-order chi connectivity index (χ0) is 21.4. The fourth-order valence-corrected chi connectivity index (χ4v) is 2.87. The van der Waals surface area contributed by atoms with Gasteiger partial charge in [0.15, 0.2) is 5.78 Å². The van der Waals surface area contributed by atoms with Crippen molar-refractivity contribution in [1.82, 2.24) is 0 Å². The Balaban J connectivity index is 2.06. The van der Waals surface area contributed by atoms with Crippen molar-refractivity contribution in [3.63, 3.8) is 0 Å². The summed E-state index contributed by atoms with van der Waals surface area (Å²) in [7, 11) is 0. The van der Waals surface area contributed by atoms with E-state index in [1.165, 1.54) is 31.2 Å². The number of alkyl halides is 6. The minimum absolute atomic E-state index is 0.271. The number of carbonyl (C=O) groups excluding carboxylic acids is 1. The summed E-state index contributed by atoms with van der Waals surface area (Å²) in [5.41, 5.74) is 0.585. The molecule has 0 aliphatic carbocycles. The molecule has 0 saturated carbocycles.